The van der Waals surface area contributed by atoms with Crippen LogP contribution in [0.4, 0.5) is 8.78 Å². The number of hydrogen-bond acceptors (Lipinski definition) is 5. The van der Waals surface area contributed by atoms with Crippen LogP contribution in [0.25, 0.3) is 33.5 Å². The van der Waals surface area contributed by atoms with E-state index in [0.29, 0.717) is 54.8 Å². The molecule has 2 saturated heterocycles. The number of amides is 2. The van der Waals surface area contributed by atoms with Crippen LogP contribution in [0, 0.1) is 23.7 Å². The zero-order chi connectivity index (χ0) is 32.9. The number of methoxy groups -OCH3 is 1. The molecule has 3 saturated carbocycles. The van der Waals surface area contributed by atoms with E-state index in [2.05, 4.69) is 39.5 Å². The quantitative estimate of drug-likeness (QED) is 0.269. The van der Waals surface area contributed by atoms with Gasteiger partial charge in [-0.25, -0.2) is 13.8 Å². The van der Waals surface area contributed by atoms with E-state index in [0.717, 1.165) is 47.3 Å². The zero-order valence-corrected chi connectivity index (χ0v) is 27.3. The van der Waals surface area contributed by atoms with Gasteiger partial charge in [0.05, 0.1) is 18.3 Å². The van der Waals surface area contributed by atoms with E-state index in [1.807, 2.05) is 17.0 Å². The minimum absolute atomic E-state index is 0.0258. The minimum Gasteiger partial charge on any atom is -0.494 e. The van der Waals surface area contributed by atoms with Gasteiger partial charge in [0, 0.05) is 86.0 Å². The van der Waals surface area contributed by atoms with Crippen molar-refractivity contribution in [1.29, 1.82) is 0 Å². The molecule has 2 bridgehead atoms. The Morgan fingerprint density at radius 1 is 0.979 bits per heavy atom. The number of fused-ring (bicyclic) bond motifs is 4. The van der Waals surface area contributed by atoms with Crippen molar-refractivity contribution in [2.45, 2.75) is 76.0 Å². The number of rotatable bonds is 8. The van der Waals surface area contributed by atoms with E-state index in [1.165, 1.54) is 12.8 Å². The third kappa shape index (κ3) is 4.91. The molecule has 0 radical (unpaired) electrons. The highest BCUT2D eigenvalue weighted by atomic mass is 19.3. The maximum absolute atomic E-state index is 13.9. The van der Waals surface area contributed by atoms with Gasteiger partial charge < -0.3 is 29.4 Å². The third-order valence-corrected chi connectivity index (χ3v) is 11.8. The number of alkyl halides is 2. The number of nitrogens with two attached hydrogens (primary N) is 1. The Morgan fingerprint density at radius 2 is 1.77 bits per heavy atom. The van der Waals surface area contributed by atoms with Crippen LogP contribution in [0.3, 0.4) is 0 Å². The van der Waals surface area contributed by atoms with Gasteiger partial charge in [-0.2, -0.15) is 0 Å². The number of nitrogens with zero attached hydrogens (tertiary/aromatic N) is 5. The monoisotopic (exact) mass is 656 g/mol. The summed E-state index contributed by atoms with van der Waals surface area (Å²) in [6, 6.07) is 14.4. The summed E-state index contributed by atoms with van der Waals surface area (Å²) in [4.78, 5) is 36.0. The fraction of sp³-hybridized carbons (Fsp3) is 0.541. The van der Waals surface area contributed by atoms with E-state index in [9.17, 15) is 18.4 Å². The molecule has 1 unspecified atom stereocenters. The van der Waals surface area contributed by atoms with E-state index in [4.69, 9.17) is 15.5 Å². The molecule has 4 heterocycles. The minimum atomic E-state index is -2.74. The summed E-state index contributed by atoms with van der Waals surface area (Å²) in [5.74, 6) is -1.05. The van der Waals surface area contributed by atoms with E-state index < -0.39 is 11.8 Å². The molecule has 0 spiro atoms. The molecule has 4 aromatic rings. The average molecular weight is 657 g/mol. The predicted molar refractivity (Wildman–Crippen MR) is 178 cm³/mol. The summed E-state index contributed by atoms with van der Waals surface area (Å²) < 4.78 is 38.3. The molecule has 2 amide bonds. The van der Waals surface area contributed by atoms with Crippen LogP contribution < -0.4 is 10.5 Å². The zero-order valence-electron chi connectivity index (χ0n) is 27.3. The number of piperidine rings is 1. The summed E-state index contributed by atoms with van der Waals surface area (Å²) in [6.07, 6.45) is 4.11. The van der Waals surface area contributed by atoms with Crippen LogP contribution in [-0.4, -0.2) is 80.5 Å². The van der Waals surface area contributed by atoms with Crippen LogP contribution in [0.15, 0.2) is 42.5 Å². The molecular weight excluding hydrogens is 614 g/mol. The Balaban J connectivity index is 1.10. The molecule has 2 aliphatic heterocycles. The molecule has 2 N–H and O–H groups in total. The Hall–Kier alpha value is -3.99. The fourth-order valence-electron chi connectivity index (χ4n) is 9.02. The Labute approximate surface area is 278 Å². The molecule has 3 aliphatic carbocycles. The van der Waals surface area contributed by atoms with Crippen molar-refractivity contribution in [2.75, 3.05) is 26.7 Å². The largest absolute Gasteiger partial charge is 0.494 e. The van der Waals surface area contributed by atoms with Crippen LogP contribution in [0.5, 0.6) is 5.75 Å². The predicted octanol–water partition coefficient (Wildman–Crippen LogP) is 5.53. The number of aromatic nitrogens is 3. The highest BCUT2D eigenvalue weighted by molar-refractivity contribution is 6.00. The molecule has 9 rings (SSSR count). The first-order valence-corrected chi connectivity index (χ1v) is 17.6. The number of carbonyl (C=O) groups is 2. The van der Waals surface area contributed by atoms with Crippen molar-refractivity contribution in [3.05, 3.63) is 48.0 Å². The van der Waals surface area contributed by atoms with Gasteiger partial charge >= 0.3 is 0 Å². The highest BCUT2D eigenvalue weighted by Gasteiger charge is 2.48. The molecule has 2 aromatic carbocycles. The van der Waals surface area contributed by atoms with Crippen molar-refractivity contribution in [1.82, 2.24) is 23.9 Å². The summed E-state index contributed by atoms with van der Waals surface area (Å²) in [7, 11) is 1.62. The van der Waals surface area contributed by atoms with E-state index >= 15 is 0 Å². The molecular formula is C37H42F2N6O3. The summed E-state index contributed by atoms with van der Waals surface area (Å²) in [5.41, 5.74) is 10.7. The molecule has 4 atom stereocenters. The van der Waals surface area contributed by atoms with Crippen molar-refractivity contribution < 1.29 is 23.1 Å². The SMILES string of the molecule is COc1cc(C(=O)N2C[C@H]3CC[C@@H]2[C@@H]3N)cc2nc(-c3cc4ccccc4n3CC3CC3)n(CC3CN(C(=O)C4CCC(F)(F)C4)C3)c12. The second kappa shape index (κ2) is 11.0. The lowest BCUT2D eigenvalue weighted by Crippen LogP contribution is -2.53. The highest BCUT2D eigenvalue weighted by Crippen LogP contribution is 2.43. The summed E-state index contributed by atoms with van der Waals surface area (Å²) >= 11 is 0. The molecule has 11 heteroatoms. The molecule has 48 heavy (non-hydrogen) atoms. The number of carbonyl (C=O) groups excluding carboxylic acids is 2. The van der Waals surface area contributed by atoms with Gasteiger partial charge in [0.15, 0.2) is 5.82 Å². The molecule has 9 nitrogen and oxygen atoms in total. The third-order valence-electron chi connectivity index (χ3n) is 11.8. The fourth-order valence-corrected chi connectivity index (χ4v) is 9.02. The first-order chi connectivity index (χ1) is 23.2. The topological polar surface area (TPSA) is 98.6 Å². The number of ether oxygens (including phenoxy) is 1. The van der Waals surface area contributed by atoms with Crippen molar-refractivity contribution in [3.8, 4) is 17.3 Å². The first-order valence-electron chi connectivity index (χ1n) is 17.6. The van der Waals surface area contributed by atoms with E-state index in [1.54, 1.807) is 12.0 Å². The van der Waals surface area contributed by atoms with Crippen LogP contribution in [0.1, 0.15) is 55.3 Å². The van der Waals surface area contributed by atoms with Crippen LogP contribution in [0.2, 0.25) is 0 Å². The van der Waals surface area contributed by atoms with E-state index in [-0.39, 0.29) is 49.1 Å². The number of imidazole rings is 1. The second-order valence-corrected chi connectivity index (χ2v) is 15.1. The van der Waals surface area contributed by atoms with Crippen LogP contribution in [-0.2, 0) is 17.9 Å². The Bertz CT molecular complexity index is 1940. The van der Waals surface area contributed by atoms with Gasteiger partial charge in [0.1, 0.15) is 11.3 Å². The lowest BCUT2D eigenvalue weighted by Gasteiger charge is -2.41. The van der Waals surface area contributed by atoms with Crippen molar-refractivity contribution >= 4 is 33.8 Å². The smallest absolute Gasteiger partial charge is 0.254 e. The number of hydrogen-bond donors (Lipinski definition) is 1. The maximum Gasteiger partial charge on any atom is 0.254 e. The van der Waals surface area contributed by atoms with Gasteiger partial charge in [-0.1, -0.05) is 18.2 Å². The van der Waals surface area contributed by atoms with Gasteiger partial charge in [0.2, 0.25) is 11.8 Å². The van der Waals surface area contributed by atoms with Crippen LogP contribution >= 0.6 is 0 Å². The van der Waals surface area contributed by atoms with Crippen molar-refractivity contribution in [3.63, 3.8) is 0 Å². The number of likely N-dealkylation sites (tertiary alicyclic amines) is 2. The molecule has 252 valence electrons. The van der Waals surface area contributed by atoms with Gasteiger partial charge in [0.25, 0.3) is 5.91 Å². The average Bonchev–Trinajstić information content (AvgIpc) is 3.29. The summed E-state index contributed by atoms with van der Waals surface area (Å²) in [6.45, 7) is 3.20. The Kier molecular flexibility index (Phi) is 6.91. The lowest BCUT2D eigenvalue weighted by molar-refractivity contribution is -0.143. The van der Waals surface area contributed by atoms with Gasteiger partial charge in [-0.3, -0.25) is 9.59 Å². The van der Waals surface area contributed by atoms with Gasteiger partial charge in [-0.15, -0.1) is 0 Å². The first kappa shape index (κ1) is 30.1. The van der Waals surface area contributed by atoms with Crippen molar-refractivity contribution in [2.24, 2.45) is 29.4 Å². The standard InChI is InChI=1S/C37H42F2N6O3/c1-48-31-14-26(36(47)44-20-25-8-9-29(44)32(25)40)12-27-33(31)45(19-22-16-42(17-22)35(46)24-10-11-37(38,39)15-24)34(41-27)30-13-23-4-2-3-5-28(23)43(30)18-21-6-7-21/h2-5,12-14,21-22,24-25,29,32H,6-11,15-20,40H2,1H3/t24?,25-,29-,32-/m1/s1. The second-order valence-electron chi connectivity index (χ2n) is 15.1. The van der Waals surface area contributed by atoms with Gasteiger partial charge in [-0.05, 0) is 68.2 Å². The number of halogens is 2. The molecule has 5 fully saturated rings. The molecule has 5 aliphatic rings. The Morgan fingerprint density at radius 3 is 2.46 bits per heavy atom. The lowest BCUT2D eigenvalue weighted by atomic mass is 9.96. The normalized spacial score (nSPS) is 26.6. The number of para-hydroxylation sites is 1. The summed E-state index contributed by atoms with van der Waals surface area (Å²) in [5, 5.41) is 1.14. The maximum atomic E-state index is 13.9. The molecule has 2 aromatic heterocycles. The number of benzene rings is 2.